The van der Waals surface area contributed by atoms with Gasteiger partial charge >= 0.3 is 0 Å². The zero-order valence-electron chi connectivity index (χ0n) is 19.1. The molecule has 7 heteroatoms. The van der Waals surface area contributed by atoms with Crippen LogP contribution in [0.25, 0.3) is 5.76 Å². The largest absolute Gasteiger partial charge is 0.507 e. The average molecular weight is 441 g/mol. The summed E-state index contributed by atoms with van der Waals surface area (Å²) < 4.78 is 20.2. The molecule has 0 bridgehead atoms. The lowest BCUT2D eigenvalue weighted by molar-refractivity contribution is -0.140. The maximum atomic E-state index is 14.8. The number of amides is 1. The van der Waals surface area contributed by atoms with Gasteiger partial charge in [-0.25, -0.2) is 4.39 Å². The fourth-order valence-electron chi connectivity index (χ4n) is 3.93. The first kappa shape index (κ1) is 23.5. The molecule has 1 fully saturated rings. The van der Waals surface area contributed by atoms with Crippen molar-refractivity contribution in [3.63, 3.8) is 0 Å². The molecule has 1 heterocycles. The van der Waals surface area contributed by atoms with Crippen LogP contribution in [0.2, 0.25) is 0 Å². The number of halogens is 1. The van der Waals surface area contributed by atoms with Crippen molar-refractivity contribution in [2.45, 2.75) is 25.8 Å². The third kappa shape index (κ3) is 4.39. The summed E-state index contributed by atoms with van der Waals surface area (Å²) in [6.07, 6.45) is 0. The molecule has 3 rings (SSSR count). The van der Waals surface area contributed by atoms with Gasteiger partial charge in [-0.2, -0.15) is 0 Å². The van der Waals surface area contributed by atoms with Crippen LogP contribution in [-0.4, -0.2) is 60.9 Å². The molecular weight excluding hydrogens is 411 g/mol. The van der Waals surface area contributed by atoms with E-state index in [1.807, 2.05) is 32.8 Å². The Hall–Kier alpha value is -3.19. The quantitative estimate of drug-likeness (QED) is 0.401. The Labute approximate surface area is 187 Å². The first-order chi connectivity index (χ1) is 15.2. The monoisotopic (exact) mass is 440 g/mol. The predicted molar refractivity (Wildman–Crippen MR) is 121 cm³/mol. The van der Waals surface area contributed by atoms with Crippen LogP contribution in [0.15, 0.2) is 48.0 Å². The van der Waals surface area contributed by atoms with E-state index in [9.17, 15) is 19.1 Å². The van der Waals surface area contributed by atoms with E-state index >= 15 is 0 Å². The number of carbonyl (C=O) groups is 2. The van der Waals surface area contributed by atoms with Crippen molar-refractivity contribution in [3.05, 3.63) is 70.5 Å². The lowest BCUT2D eigenvalue weighted by Gasteiger charge is -2.27. The van der Waals surface area contributed by atoms with Gasteiger partial charge in [0, 0.05) is 24.2 Å². The number of likely N-dealkylation sites (N-methyl/N-ethyl adjacent to an activating group) is 1. The van der Waals surface area contributed by atoms with Crippen molar-refractivity contribution >= 4 is 17.4 Å². The molecular formula is C25H29FN2O4. The van der Waals surface area contributed by atoms with Gasteiger partial charge in [0.15, 0.2) is 0 Å². The van der Waals surface area contributed by atoms with Crippen LogP contribution in [0.1, 0.15) is 42.5 Å². The van der Waals surface area contributed by atoms with E-state index in [-0.39, 0.29) is 29.4 Å². The number of Topliss-reactive ketones (excluding diaryl/α,β-unsaturated/α-hetero) is 1. The number of ketones is 1. The van der Waals surface area contributed by atoms with Gasteiger partial charge in [-0.1, -0.05) is 32.0 Å². The van der Waals surface area contributed by atoms with Crippen molar-refractivity contribution in [2.75, 3.05) is 34.3 Å². The molecule has 1 amide bonds. The second kappa shape index (κ2) is 9.53. The van der Waals surface area contributed by atoms with Crippen LogP contribution in [0.5, 0.6) is 5.75 Å². The minimum Gasteiger partial charge on any atom is -0.507 e. The van der Waals surface area contributed by atoms with Gasteiger partial charge < -0.3 is 19.6 Å². The number of methoxy groups -OCH3 is 1. The number of carbonyl (C=O) groups excluding carboxylic acids is 2. The van der Waals surface area contributed by atoms with E-state index in [0.717, 1.165) is 5.56 Å². The van der Waals surface area contributed by atoms with Crippen molar-refractivity contribution in [2.24, 2.45) is 0 Å². The molecule has 2 aromatic carbocycles. The fourth-order valence-corrected chi connectivity index (χ4v) is 3.93. The molecule has 0 saturated carbocycles. The average Bonchev–Trinajstić information content (AvgIpc) is 3.01. The summed E-state index contributed by atoms with van der Waals surface area (Å²) in [5.41, 5.74) is 1.28. The number of hydrogen-bond acceptors (Lipinski definition) is 5. The van der Waals surface area contributed by atoms with Crippen molar-refractivity contribution in [1.82, 2.24) is 9.80 Å². The summed E-state index contributed by atoms with van der Waals surface area (Å²) in [5, 5.41) is 11.2. The van der Waals surface area contributed by atoms with Gasteiger partial charge in [-0.3, -0.25) is 9.59 Å². The van der Waals surface area contributed by atoms with Crippen LogP contribution in [0, 0.1) is 5.82 Å². The molecule has 6 nitrogen and oxygen atoms in total. The van der Waals surface area contributed by atoms with E-state index < -0.39 is 23.5 Å². The zero-order valence-corrected chi connectivity index (χ0v) is 19.1. The van der Waals surface area contributed by atoms with Crippen LogP contribution >= 0.6 is 0 Å². The van der Waals surface area contributed by atoms with Gasteiger partial charge in [-0.05, 0) is 49.8 Å². The van der Waals surface area contributed by atoms with Gasteiger partial charge in [-0.15, -0.1) is 0 Å². The molecule has 1 N–H and O–H groups in total. The van der Waals surface area contributed by atoms with Gasteiger partial charge in [0.1, 0.15) is 17.3 Å². The first-order valence-corrected chi connectivity index (χ1v) is 10.5. The molecule has 0 aliphatic carbocycles. The van der Waals surface area contributed by atoms with E-state index in [4.69, 9.17) is 4.74 Å². The predicted octanol–water partition coefficient (Wildman–Crippen LogP) is 3.94. The second-order valence-electron chi connectivity index (χ2n) is 8.43. The summed E-state index contributed by atoms with van der Waals surface area (Å²) in [5.74, 6) is -1.68. The third-order valence-corrected chi connectivity index (χ3v) is 5.65. The van der Waals surface area contributed by atoms with Crippen LogP contribution in [-0.2, 0) is 9.59 Å². The summed E-state index contributed by atoms with van der Waals surface area (Å²) in [6, 6.07) is 10.1. The summed E-state index contributed by atoms with van der Waals surface area (Å²) in [7, 11) is 5.26. The molecule has 0 spiro atoms. The van der Waals surface area contributed by atoms with Crippen molar-refractivity contribution in [3.8, 4) is 5.75 Å². The van der Waals surface area contributed by atoms with E-state index in [0.29, 0.717) is 17.9 Å². The van der Waals surface area contributed by atoms with E-state index in [2.05, 4.69) is 0 Å². The highest BCUT2D eigenvalue weighted by Crippen LogP contribution is 2.41. The number of nitrogens with zero attached hydrogens (tertiary/aromatic N) is 2. The Morgan fingerprint density at radius 3 is 2.47 bits per heavy atom. The Bertz CT molecular complexity index is 1060. The number of likely N-dealkylation sites (tertiary alicyclic amines) is 1. The fraction of sp³-hybridized carbons (Fsp3) is 0.360. The molecule has 1 saturated heterocycles. The number of ether oxygens (including phenoxy) is 1. The molecule has 1 aliphatic rings. The highest BCUT2D eigenvalue weighted by Gasteiger charge is 2.46. The van der Waals surface area contributed by atoms with E-state index in [1.54, 1.807) is 37.4 Å². The highest BCUT2D eigenvalue weighted by molar-refractivity contribution is 6.46. The standard InChI is InChI=1S/C25H29FN2O4/c1-15(2)18-14-16(10-11-20(18)32-5)23(29)21-22(17-8-6-7-9-19(17)26)28(13-12-27(3)4)25(31)24(21)30/h6-11,14-15,22,29H,12-13H2,1-5H3/b23-21+. The summed E-state index contributed by atoms with van der Waals surface area (Å²) in [4.78, 5) is 29.2. The second-order valence-corrected chi connectivity index (χ2v) is 8.43. The van der Waals surface area contributed by atoms with Crippen LogP contribution < -0.4 is 4.74 Å². The number of rotatable bonds is 7. The third-order valence-electron chi connectivity index (χ3n) is 5.65. The van der Waals surface area contributed by atoms with E-state index in [1.165, 1.54) is 17.0 Å². The lowest BCUT2D eigenvalue weighted by atomic mass is 9.93. The molecule has 1 aliphatic heterocycles. The minimum atomic E-state index is -1.01. The molecule has 1 atom stereocenters. The van der Waals surface area contributed by atoms with Crippen molar-refractivity contribution in [1.29, 1.82) is 0 Å². The normalized spacial score (nSPS) is 18.1. The molecule has 0 radical (unpaired) electrons. The number of aliphatic hydroxyl groups excluding tert-OH is 1. The lowest BCUT2D eigenvalue weighted by Crippen LogP contribution is -2.35. The molecule has 2 aromatic rings. The number of hydrogen-bond donors (Lipinski definition) is 1. The summed E-state index contributed by atoms with van der Waals surface area (Å²) in [6.45, 7) is 4.67. The maximum absolute atomic E-state index is 14.8. The van der Waals surface area contributed by atoms with Crippen molar-refractivity contribution < 1.29 is 23.8 Å². The smallest absolute Gasteiger partial charge is 0.295 e. The molecule has 0 aromatic heterocycles. The van der Waals surface area contributed by atoms with Gasteiger partial charge in [0.05, 0.1) is 18.7 Å². The highest BCUT2D eigenvalue weighted by atomic mass is 19.1. The van der Waals surface area contributed by atoms with Crippen LogP contribution in [0.4, 0.5) is 4.39 Å². The first-order valence-electron chi connectivity index (χ1n) is 10.5. The maximum Gasteiger partial charge on any atom is 0.295 e. The zero-order chi connectivity index (χ0) is 23.6. The van der Waals surface area contributed by atoms with Gasteiger partial charge in [0.25, 0.3) is 11.7 Å². The summed E-state index contributed by atoms with van der Waals surface area (Å²) >= 11 is 0. The SMILES string of the molecule is COc1ccc(/C(O)=C2\C(=O)C(=O)N(CCN(C)C)C2c2ccccc2F)cc1C(C)C. The Morgan fingerprint density at radius 1 is 1.19 bits per heavy atom. The Balaban J connectivity index is 2.20. The molecule has 170 valence electrons. The van der Waals surface area contributed by atoms with Crippen LogP contribution in [0.3, 0.4) is 0 Å². The number of aliphatic hydroxyl groups is 1. The molecule has 32 heavy (non-hydrogen) atoms. The Morgan fingerprint density at radius 2 is 1.88 bits per heavy atom. The van der Waals surface area contributed by atoms with Gasteiger partial charge in [0.2, 0.25) is 0 Å². The molecule has 1 unspecified atom stereocenters. The number of benzene rings is 2. The minimum absolute atomic E-state index is 0.0996. The topological polar surface area (TPSA) is 70.1 Å². The Kier molecular flexibility index (Phi) is 6.99.